The lowest BCUT2D eigenvalue weighted by atomic mass is 10.3. The van der Waals surface area contributed by atoms with Crippen molar-refractivity contribution in [3.8, 4) is 0 Å². The molecule has 0 atom stereocenters. The van der Waals surface area contributed by atoms with Crippen molar-refractivity contribution in [3.63, 3.8) is 0 Å². The Hall–Kier alpha value is -1.71. The number of rotatable bonds is 0. The predicted octanol–water partition coefficient (Wildman–Crippen LogP) is 1.07. The Morgan fingerprint density at radius 1 is 1.31 bits per heavy atom. The average molecular weight is 178 g/mol. The minimum absolute atomic E-state index is 0.189. The summed E-state index contributed by atoms with van der Waals surface area (Å²) in [5.74, 6) is -0.575. The van der Waals surface area contributed by atoms with Gasteiger partial charge in [-0.15, -0.1) is 0 Å². The molecule has 0 aliphatic rings. The van der Waals surface area contributed by atoms with Crippen molar-refractivity contribution in [2.75, 3.05) is 0 Å². The van der Waals surface area contributed by atoms with E-state index in [4.69, 9.17) is 0 Å². The summed E-state index contributed by atoms with van der Waals surface area (Å²) in [6, 6.07) is 5.93. The topological polar surface area (TPSA) is 34.9 Å². The van der Waals surface area contributed by atoms with E-state index in [2.05, 4.69) is 4.98 Å². The van der Waals surface area contributed by atoms with Gasteiger partial charge in [-0.05, 0) is 18.2 Å². The highest BCUT2D eigenvalue weighted by Crippen LogP contribution is 2.08. The quantitative estimate of drug-likeness (QED) is 0.565. The lowest BCUT2D eigenvalue weighted by molar-refractivity contribution is 0.585. The van der Waals surface area contributed by atoms with Gasteiger partial charge in [0.25, 0.3) is 5.56 Å². The second-order valence-corrected chi connectivity index (χ2v) is 2.78. The molecule has 2 rings (SSSR count). The highest BCUT2D eigenvalue weighted by molar-refractivity contribution is 5.74. The van der Waals surface area contributed by atoms with Gasteiger partial charge in [-0.1, -0.05) is 0 Å². The van der Waals surface area contributed by atoms with Crippen LogP contribution in [-0.2, 0) is 7.05 Å². The van der Waals surface area contributed by atoms with Crippen LogP contribution >= 0.6 is 0 Å². The van der Waals surface area contributed by atoms with Crippen LogP contribution in [0.1, 0.15) is 0 Å². The summed E-state index contributed by atoms with van der Waals surface area (Å²) in [5, 5.41) is 0.753. The third-order valence-electron chi connectivity index (χ3n) is 1.93. The Morgan fingerprint density at radius 3 is 2.77 bits per heavy atom. The molecule has 0 radical (unpaired) electrons. The Labute approximate surface area is 73.5 Å². The van der Waals surface area contributed by atoms with Gasteiger partial charge in [0.2, 0.25) is 5.95 Å². The minimum Gasteiger partial charge on any atom is -0.296 e. The zero-order chi connectivity index (χ0) is 9.42. The molecule has 66 valence electrons. The molecule has 2 aromatic heterocycles. The molecule has 0 saturated heterocycles. The van der Waals surface area contributed by atoms with Gasteiger partial charge in [-0.2, -0.15) is 4.39 Å². The monoisotopic (exact) mass is 178 g/mol. The molecule has 4 heteroatoms. The van der Waals surface area contributed by atoms with E-state index in [1.807, 2.05) is 0 Å². The number of hydrogen-bond acceptors (Lipinski definition) is 2. The highest BCUT2D eigenvalue weighted by atomic mass is 19.1. The number of aryl methyl sites for hydroxylation is 1. The van der Waals surface area contributed by atoms with Gasteiger partial charge in [0.1, 0.15) is 5.65 Å². The first-order chi connectivity index (χ1) is 6.18. The summed E-state index contributed by atoms with van der Waals surface area (Å²) in [7, 11) is 1.57. The predicted molar refractivity (Wildman–Crippen MR) is 46.9 cm³/mol. The maximum absolute atomic E-state index is 12.7. The number of hydrogen-bond donors (Lipinski definition) is 0. The second kappa shape index (κ2) is 2.65. The van der Waals surface area contributed by atoms with Crippen LogP contribution in [-0.4, -0.2) is 9.55 Å². The summed E-state index contributed by atoms with van der Waals surface area (Å²) in [6.45, 7) is 0. The first-order valence-corrected chi connectivity index (χ1v) is 3.81. The zero-order valence-electron chi connectivity index (χ0n) is 6.99. The van der Waals surface area contributed by atoms with Gasteiger partial charge < -0.3 is 0 Å². The molecule has 0 aliphatic heterocycles. The molecule has 2 aromatic rings. The lowest BCUT2D eigenvalue weighted by Gasteiger charge is -2.01. The van der Waals surface area contributed by atoms with Gasteiger partial charge in [0, 0.05) is 18.5 Å². The van der Waals surface area contributed by atoms with Crippen molar-refractivity contribution in [2.45, 2.75) is 0 Å². The molecule has 0 saturated carbocycles. The van der Waals surface area contributed by atoms with Crippen molar-refractivity contribution in [3.05, 3.63) is 40.6 Å². The van der Waals surface area contributed by atoms with Crippen LogP contribution in [0.5, 0.6) is 0 Å². The summed E-state index contributed by atoms with van der Waals surface area (Å²) >= 11 is 0. The fraction of sp³-hybridized carbons (Fsp3) is 0.111. The van der Waals surface area contributed by atoms with E-state index in [9.17, 15) is 9.18 Å². The smallest absolute Gasteiger partial charge is 0.251 e. The summed E-state index contributed by atoms with van der Waals surface area (Å²) in [6.07, 6.45) is 0. The molecule has 0 unspecified atom stereocenters. The van der Waals surface area contributed by atoms with E-state index in [1.165, 1.54) is 16.7 Å². The molecule has 0 spiro atoms. The van der Waals surface area contributed by atoms with Gasteiger partial charge in [-0.25, -0.2) is 4.98 Å². The summed E-state index contributed by atoms with van der Waals surface area (Å²) < 4.78 is 14.0. The van der Waals surface area contributed by atoms with Crippen molar-refractivity contribution < 1.29 is 4.39 Å². The molecule has 2 heterocycles. The van der Waals surface area contributed by atoms with Crippen LogP contribution in [0.4, 0.5) is 4.39 Å². The van der Waals surface area contributed by atoms with Gasteiger partial charge in [-0.3, -0.25) is 9.36 Å². The Balaban J connectivity index is 2.97. The lowest BCUT2D eigenvalue weighted by Crippen LogP contribution is -2.16. The van der Waals surface area contributed by atoms with Crippen molar-refractivity contribution >= 4 is 11.0 Å². The van der Waals surface area contributed by atoms with Crippen LogP contribution < -0.4 is 5.56 Å². The van der Waals surface area contributed by atoms with E-state index in [-0.39, 0.29) is 5.56 Å². The normalized spacial score (nSPS) is 10.6. The molecule has 13 heavy (non-hydrogen) atoms. The number of halogens is 1. The molecule has 0 fully saturated rings. The fourth-order valence-corrected chi connectivity index (χ4v) is 1.21. The number of nitrogens with zero attached hydrogens (tertiary/aromatic N) is 2. The molecule has 0 N–H and O–H groups in total. The third kappa shape index (κ3) is 1.20. The fourth-order valence-electron chi connectivity index (χ4n) is 1.21. The van der Waals surface area contributed by atoms with Gasteiger partial charge in [0.15, 0.2) is 0 Å². The van der Waals surface area contributed by atoms with E-state index in [0.29, 0.717) is 5.65 Å². The van der Waals surface area contributed by atoms with Crippen molar-refractivity contribution in [2.24, 2.45) is 7.05 Å². The van der Waals surface area contributed by atoms with Gasteiger partial charge in [0.05, 0.1) is 0 Å². The molecular weight excluding hydrogens is 171 g/mol. The summed E-state index contributed by atoms with van der Waals surface area (Å²) in [4.78, 5) is 14.8. The van der Waals surface area contributed by atoms with Crippen LogP contribution in [0.3, 0.4) is 0 Å². The van der Waals surface area contributed by atoms with E-state index < -0.39 is 5.95 Å². The standard InChI is InChI=1S/C9H7FN2O/c1-12-8(13)5-3-6-2-4-7(10)11-9(6)12/h2-5H,1H3. The Morgan fingerprint density at radius 2 is 2.00 bits per heavy atom. The maximum atomic E-state index is 12.7. The zero-order valence-corrected chi connectivity index (χ0v) is 6.99. The van der Waals surface area contributed by atoms with Crippen molar-refractivity contribution in [1.82, 2.24) is 9.55 Å². The number of aromatic nitrogens is 2. The summed E-state index contributed by atoms with van der Waals surface area (Å²) in [5.41, 5.74) is 0.179. The molecular formula is C9H7FN2O. The molecule has 0 bridgehead atoms. The van der Waals surface area contributed by atoms with Gasteiger partial charge >= 0.3 is 0 Å². The van der Waals surface area contributed by atoms with Crippen molar-refractivity contribution in [1.29, 1.82) is 0 Å². The molecule has 0 aromatic carbocycles. The van der Waals surface area contributed by atoms with Crippen LogP contribution in [0, 0.1) is 5.95 Å². The Bertz CT molecular complexity index is 518. The first-order valence-electron chi connectivity index (χ1n) is 3.81. The number of pyridine rings is 2. The molecule has 0 aliphatic carbocycles. The van der Waals surface area contributed by atoms with E-state index >= 15 is 0 Å². The maximum Gasteiger partial charge on any atom is 0.251 e. The highest BCUT2D eigenvalue weighted by Gasteiger charge is 2.00. The second-order valence-electron chi connectivity index (χ2n) is 2.78. The van der Waals surface area contributed by atoms with E-state index in [1.54, 1.807) is 19.2 Å². The van der Waals surface area contributed by atoms with E-state index in [0.717, 1.165) is 5.39 Å². The SMILES string of the molecule is Cn1c(=O)ccc2ccc(F)nc21. The Kier molecular flexibility index (Phi) is 1.62. The molecule has 0 amide bonds. The largest absolute Gasteiger partial charge is 0.296 e. The van der Waals surface area contributed by atoms with Crippen LogP contribution in [0.25, 0.3) is 11.0 Å². The average Bonchev–Trinajstić information content (AvgIpc) is 2.12. The third-order valence-corrected chi connectivity index (χ3v) is 1.93. The van der Waals surface area contributed by atoms with Crippen LogP contribution in [0.15, 0.2) is 29.1 Å². The minimum atomic E-state index is -0.575. The first kappa shape index (κ1) is 7.91. The van der Waals surface area contributed by atoms with Crippen LogP contribution in [0.2, 0.25) is 0 Å². The molecule has 3 nitrogen and oxygen atoms in total. The number of fused-ring (bicyclic) bond motifs is 1.